The molecule has 2 nitrogen and oxygen atoms in total. The van der Waals surface area contributed by atoms with Gasteiger partial charge in [-0.2, -0.15) is 0 Å². The molecule has 0 aliphatic heterocycles. The molecule has 22 aromatic carbocycles. The Morgan fingerprint density at radius 3 is 0.697 bits per heavy atom. The van der Waals surface area contributed by atoms with Crippen molar-refractivity contribution in [3.05, 3.63) is 644 Å². The molecule has 0 fully saturated rings. The lowest BCUT2D eigenvalue weighted by atomic mass is 9.67. The molecule has 2 unspecified atom stereocenters. The molecule has 2 heteroatoms. The summed E-state index contributed by atoms with van der Waals surface area (Å²) >= 11 is 0. The number of fused-ring (bicyclic) bond motifs is 32. The average molecular weight is 1800 g/mol. The van der Waals surface area contributed by atoms with Gasteiger partial charge in [0, 0.05) is 39.0 Å². The smallest absolute Gasteiger partial charge is 0.0726 e. The molecule has 662 valence electrons. The fraction of sp³-hybridized carbons (Fsp3) is 0.0571. The highest BCUT2D eigenvalue weighted by molar-refractivity contribution is 6.09. The molecule has 0 heterocycles. The number of hydrogen-bond donors (Lipinski definition) is 0. The first-order valence-electron chi connectivity index (χ1n) is 50.1. The molecule has 2 spiro atoms. The first-order valence-corrected chi connectivity index (χ1v) is 50.1. The Labute approximate surface area is 828 Å². The Bertz CT molecular complexity index is 8860. The van der Waals surface area contributed by atoms with E-state index in [-0.39, 0.29) is 5.41 Å². The van der Waals surface area contributed by atoms with Crippen LogP contribution in [0.25, 0.3) is 100 Å². The van der Waals surface area contributed by atoms with Crippen molar-refractivity contribution < 1.29 is 0 Å². The van der Waals surface area contributed by atoms with Gasteiger partial charge in [-0.1, -0.05) is 481 Å². The SMILES string of the molecule is CC1(C)c2ccccc2-c2c(N(c3ccc4c(c3)-c3ccccc3C4(c3ccccc3)c3ccccc3)c3cccc4c3-c3ccccc3C43c4ccccc4-c4cc(-c5ccc(C6(c7ccccc7)c7ccccc7-c7cc(N(c8cccc9c8-c8ccccc8C9(c8ccccc8)c8ccccc8)c8cccc9c8-c8ccccc8C98c9ccccc9-c9ccccc98)ccc76)cc5)ccc43)cccc21. The van der Waals surface area contributed by atoms with Gasteiger partial charge in [-0.3, -0.25) is 0 Å². The van der Waals surface area contributed by atoms with E-state index in [0.717, 1.165) is 39.7 Å². The van der Waals surface area contributed by atoms with Crippen LogP contribution in [0.1, 0.15) is 136 Å². The molecule has 8 aliphatic rings. The molecule has 22 aromatic rings. The highest BCUT2D eigenvalue weighted by Gasteiger charge is 2.58. The summed E-state index contributed by atoms with van der Waals surface area (Å²) in [6.45, 7) is 4.82. The van der Waals surface area contributed by atoms with E-state index in [4.69, 9.17) is 0 Å². The van der Waals surface area contributed by atoms with Crippen LogP contribution in [-0.4, -0.2) is 0 Å². The number of benzene rings is 22. The summed E-state index contributed by atoms with van der Waals surface area (Å²) in [4.78, 5) is 5.32. The summed E-state index contributed by atoms with van der Waals surface area (Å²) in [6.07, 6.45) is 0. The maximum absolute atomic E-state index is 2.67. The van der Waals surface area contributed by atoms with Gasteiger partial charge in [0.2, 0.25) is 0 Å². The lowest BCUT2D eigenvalue weighted by molar-refractivity contribution is 0.660. The maximum Gasteiger partial charge on any atom is 0.0726 e. The summed E-state index contributed by atoms with van der Waals surface area (Å²) in [5.74, 6) is 0. The third kappa shape index (κ3) is 10.3. The van der Waals surface area contributed by atoms with Crippen molar-refractivity contribution in [1.29, 1.82) is 0 Å². The largest absolute Gasteiger partial charge is 0.309 e. The van der Waals surface area contributed by atoms with Gasteiger partial charge in [0.1, 0.15) is 0 Å². The zero-order valence-corrected chi connectivity index (χ0v) is 78.5. The standard InChI is InChI=1S/C140H92N2/c1-135(2)111-59-27-23-55-104(111)131-123(135)68-36-72-127(131)141(97-81-84-120-109(87-97)102-53-20-28-60-112(102)136(120,91-40-8-3-9-41-91)92-42-10-4-11-43-92)129-74-39-71-126-134(129)107-58-26-35-67-119(107)140(126)116-64-32-22-52-101(116)108-86-90(78-83-122(108)140)89-76-79-96(80-77-89)137(93-44-12-5-13-45-93)113-61-29-21-54-103(113)110-88-98(82-85-121(110)137)142(128-73-37-69-124-132(128)105-56-24-33-65-117(105)138(124,94-46-14-6-15-47-94)95-48-16-7-17-49-95)130-75-38-70-125-133(130)106-57-25-34-66-118(106)139(125)114-62-30-18-50-99(114)100-51-19-31-63-115(100)139/h3-88H,1-2H3. The number of anilines is 6. The third-order valence-corrected chi connectivity index (χ3v) is 33.9. The van der Waals surface area contributed by atoms with E-state index in [1.54, 1.807) is 0 Å². The van der Waals surface area contributed by atoms with Crippen LogP contribution in [0.5, 0.6) is 0 Å². The molecule has 0 aromatic heterocycles. The van der Waals surface area contributed by atoms with E-state index in [0.29, 0.717) is 0 Å². The van der Waals surface area contributed by atoms with Gasteiger partial charge >= 0.3 is 0 Å². The van der Waals surface area contributed by atoms with Crippen molar-refractivity contribution in [2.24, 2.45) is 0 Å². The molecule has 0 amide bonds. The van der Waals surface area contributed by atoms with Crippen molar-refractivity contribution in [3.63, 3.8) is 0 Å². The normalized spacial score (nSPS) is 16.4. The Hall–Kier alpha value is -17.6. The molecular weight excluding hydrogens is 1710 g/mol. The molecular formula is C140H92N2. The molecule has 30 rings (SSSR count). The highest BCUT2D eigenvalue weighted by Crippen LogP contribution is 2.71. The fourth-order valence-corrected chi connectivity index (χ4v) is 28.6. The predicted octanol–water partition coefficient (Wildman–Crippen LogP) is 34.4. The van der Waals surface area contributed by atoms with Crippen molar-refractivity contribution in [3.8, 4) is 100 Å². The zero-order chi connectivity index (χ0) is 93.5. The van der Waals surface area contributed by atoms with Crippen LogP contribution in [0.2, 0.25) is 0 Å². The van der Waals surface area contributed by atoms with E-state index in [9.17, 15) is 0 Å². The Balaban J connectivity index is 0.585. The zero-order valence-electron chi connectivity index (χ0n) is 78.5. The Morgan fingerprint density at radius 1 is 0.134 bits per heavy atom. The van der Waals surface area contributed by atoms with Crippen molar-refractivity contribution in [2.75, 3.05) is 9.80 Å². The molecule has 0 saturated carbocycles. The molecule has 2 atom stereocenters. The second-order valence-corrected chi connectivity index (χ2v) is 40.4. The van der Waals surface area contributed by atoms with Gasteiger partial charge in [0.25, 0.3) is 0 Å². The number of rotatable bonds is 13. The second-order valence-electron chi connectivity index (χ2n) is 40.4. The van der Waals surface area contributed by atoms with Crippen LogP contribution in [-0.2, 0) is 32.5 Å². The molecule has 142 heavy (non-hydrogen) atoms. The van der Waals surface area contributed by atoms with E-state index < -0.39 is 27.1 Å². The van der Waals surface area contributed by atoms with Gasteiger partial charge in [0.05, 0.1) is 49.8 Å². The summed E-state index contributed by atoms with van der Waals surface area (Å²) in [7, 11) is 0. The van der Waals surface area contributed by atoms with Crippen LogP contribution in [0.3, 0.4) is 0 Å². The molecule has 0 radical (unpaired) electrons. The minimum atomic E-state index is -0.735. The van der Waals surface area contributed by atoms with Crippen LogP contribution in [0.15, 0.2) is 522 Å². The predicted molar refractivity (Wildman–Crippen MR) is 583 cm³/mol. The van der Waals surface area contributed by atoms with Crippen LogP contribution >= 0.6 is 0 Å². The van der Waals surface area contributed by atoms with Crippen LogP contribution < -0.4 is 9.80 Å². The summed E-state index contributed by atoms with van der Waals surface area (Å²) in [5.41, 5.74) is 53.5. The lowest BCUT2D eigenvalue weighted by Gasteiger charge is -2.35. The maximum atomic E-state index is 2.67. The summed E-state index contributed by atoms with van der Waals surface area (Å²) < 4.78 is 0. The van der Waals surface area contributed by atoms with E-state index in [1.807, 2.05) is 0 Å². The molecule has 0 bridgehead atoms. The average Bonchev–Trinajstić information content (AvgIpc) is 1.50. The minimum absolute atomic E-state index is 0.246. The van der Waals surface area contributed by atoms with Crippen molar-refractivity contribution in [2.45, 2.75) is 46.3 Å². The third-order valence-electron chi connectivity index (χ3n) is 33.9. The molecule has 8 aliphatic carbocycles. The Kier molecular flexibility index (Phi) is 17.0. The van der Waals surface area contributed by atoms with Gasteiger partial charge in [-0.25, -0.2) is 0 Å². The van der Waals surface area contributed by atoms with E-state index in [2.05, 4.69) is 545 Å². The first-order chi connectivity index (χ1) is 70.2. The first kappa shape index (κ1) is 80.5. The van der Waals surface area contributed by atoms with Crippen molar-refractivity contribution >= 4 is 34.1 Å². The number of hydrogen-bond acceptors (Lipinski definition) is 2. The van der Waals surface area contributed by atoms with Gasteiger partial charge in [0.15, 0.2) is 0 Å². The monoisotopic (exact) mass is 1800 g/mol. The summed E-state index contributed by atoms with van der Waals surface area (Å²) in [6, 6.07) is 201. The minimum Gasteiger partial charge on any atom is -0.309 e. The van der Waals surface area contributed by atoms with E-state index >= 15 is 0 Å². The van der Waals surface area contributed by atoms with Gasteiger partial charge in [-0.15, -0.1) is 0 Å². The highest BCUT2D eigenvalue weighted by atomic mass is 15.2. The Morgan fingerprint density at radius 2 is 0.345 bits per heavy atom. The van der Waals surface area contributed by atoms with Crippen LogP contribution in [0.4, 0.5) is 34.1 Å². The fourth-order valence-electron chi connectivity index (χ4n) is 28.6. The lowest BCUT2D eigenvalue weighted by Crippen LogP contribution is -2.28. The quantitative estimate of drug-likeness (QED) is 0.114. The molecule has 0 saturated heterocycles. The van der Waals surface area contributed by atoms with E-state index in [1.165, 1.54) is 217 Å². The molecule has 0 N–H and O–H groups in total. The summed E-state index contributed by atoms with van der Waals surface area (Å²) in [5, 5.41) is 0. The second kappa shape index (κ2) is 30.0. The number of nitrogens with zero attached hydrogens (tertiary/aromatic N) is 2. The van der Waals surface area contributed by atoms with Crippen molar-refractivity contribution in [1.82, 2.24) is 0 Å². The van der Waals surface area contributed by atoms with Crippen LogP contribution in [0, 0.1) is 0 Å². The van der Waals surface area contributed by atoms with Gasteiger partial charge < -0.3 is 9.80 Å². The van der Waals surface area contributed by atoms with Gasteiger partial charge in [-0.05, 0) is 255 Å². The topological polar surface area (TPSA) is 6.48 Å².